The minimum atomic E-state index is -0.341. The number of likely N-dealkylation sites (tertiary alicyclic amines) is 1. The summed E-state index contributed by atoms with van der Waals surface area (Å²) in [5, 5.41) is 4.43. The molecule has 0 saturated carbocycles. The smallest absolute Gasteiger partial charge is 0.274 e. The van der Waals surface area contributed by atoms with Crippen LogP contribution in [0.5, 0.6) is 0 Å². The van der Waals surface area contributed by atoms with E-state index < -0.39 is 0 Å². The lowest BCUT2D eigenvalue weighted by Gasteiger charge is -2.21. The Labute approximate surface area is 150 Å². The largest absolute Gasteiger partial charge is 0.339 e. The van der Waals surface area contributed by atoms with Crippen LogP contribution in [0.3, 0.4) is 0 Å². The Hall–Kier alpha value is -2.41. The van der Waals surface area contributed by atoms with E-state index in [4.69, 9.17) is 0 Å². The SMILES string of the molecule is Cn1cc(C(=O)N2CCCCCC2)cc(NC(=O)c2cccs2)c1=O. The first kappa shape index (κ1) is 17.4. The second-order valence-corrected chi connectivity index (χ2v) is 7.14. The third-order valence-electron chi connectivity index (χ3n) is 4.32. The zero-order chi connectivity index (χ0) is 17.8. The molecular weight excluding hydrogens is 338 g/mol. The maximum atomic E-state index is 12.8. The maximum absolute atomic E-state index is 12.8. The van der Waals surface area contributed by atoms with Gasteiger partial charge < -0.3 is 14.8 Å². The molecule has 2 aromatic rings. The van der Waals surface area contributed by atoms with Crippen LogP contribution in [-0.2, 0) is 7.05 Å². The number of amides is 2. The monoisotopic (exact) mass is 359 g/mol. The van der Waals surface area contributed by atoms with Crippen LogP contribution in [0.2, 0.25) is 0 Å². The van der Waals surface area contributed by atoms with E-state index in [0.717, 1.165) is 38.8 Å². The van der Waals surface area contributed by atoms with E-state index in [0.29, 0.717) is 10.4 Å². The molecule has 1 aliphatic heterocycles. The Morgan fingerprint density at radius 3 is 2.52 bits per heavy atom. The summed E-state index contributed by atoms with van der Waals surface area (Å²) in [6, 6.07) is 4.95. The number of thiophene rings is 1. The molecule has 0 atom stereocenters. The van der Waals surface area contributed by atoms with Crippen molar-refractivity contribution in [3.8, 4) is 0 Å². The molecule has 0 unspecified atom stereocenters. The molecule has 25 heavy (non-hydrogen) atoms. The first-order valence-electron chi connectivity index (χ1n) is 8.41. The summed E-state index contributed by atoms with van der Waals surface area (Å²) >= 11 is 1.30. The number of rotatable bonds is 3. The van der Waals surface area contributed by atoms with Crippen molar-refractivity contribution in [1.82, 2.24) is 9.47 Å². The van der Waals surface area contributed by atoms with Gasteiger partial charge in [-0.15, -0.1) is 11.3 Å². The number of aryl methyl sites for hydroxylation is 1. The van der Waals surface area contributed by atoms with Gasteiger partial charge in [-0.1, -0.05) is 18.9 Å². The molecule has 6 nitrogen and oxygen atoms in total. The zero-order valence-corrected chi connectivity index (χ0v) is 15.0. The second kappa shape index (κ2) is 7.65. The van der Waals surface area contributed by atoms with Crippen molar-refractivity contribution >= 4 is 28.8 Å². The summed E-state index contributed by atoms with van der Waals surface area (Å²) in [4.78, 5) is 39.7. The molecule has 132 valence electrons. The fourth-order valence-corrected chi connectivity index (χ4v) is 3.59. The number of nitrogens with one attached hydrogen (secondary N) is 1. The number of carbonyl (C=O) groups excluding carboxylic acids is 2. The van der Waals surface area contributed by atoms with Crippen molar-refractivity contribution in [3.63, 3.8) is 0 Å². The Kier molecular flexibility index (Phi) is 5.33. The summed E-state index contributed by atoms with van der Waals surface area (Å²) in [6.07, 6.45) is 5.81. The third-order valence-corrected chi connectivity index (χ3v) is 5.19. The minimum Gasteiger partial charge on any atom is -0.339 e. The van der Waals surface area contributed by atoms with Crippen molar-refractivity contribution in [2.45, 2.75) is 25.7 Å². The molecule has 7 heteroatoms. The quantitative estimate of drug-likeness (QED) is 0.916. The van der Waals surface area contributed by atoms with Crippen LogP contribution < -0.4 is 10.9 Å². The van der Waals surface area contributed by atoms with E-state index in [1.54, 1.807) is 24.6 Å². The molecule has 2 amide bonds. The Bertz CT molecular complexity index is 819. The molecule has 0 spiro atoms. The number of pyridine rings is 1. The summed E-state index contributed by atoms with van der Waals surface area (Å²) in [5.74, 6) is -0.435. The Morgan fingerprint density at radius 1 is 1.16 bits per heavy atom. The van der Waals surface area contributed by atoms with Crippen LogP contribution in [0.25, 0.3) is 0 Å². The topological polar surface area (TPSA) is 71.4 Å². The van der Waals surface area contributed by atoms with Gasteiger partial charge in [-0.2, -0.15) is 0 Å². The van der Waals surface area contributed by atoms with Gasteiger partial charge >= 0.3 is 0 Å². The Morgan fingerprint density at radius 2 is 1.88 bits per heavy atom. The summed E-state index contributed by atoms with van der Waals surface area (Å²) < 4.78 is 1.34. The van der Waals surface area contributed by atoms with Gasteiger partial charge in [-0.05, 0) is 30.4 Å². The first-order chi connectivity index (χ1) is 12.1. The highest BCUT2D eigenvalue weighted by Gasteiger charge is 2.20. The fourth-order valence-electron chi connectivity index (χ4n) is 2.97. The van der Waals surface area contributed by atoms with Gasteiger partial charge in [-0.3, -0.25) is 14.4 Å². The molecule has 0 radical (unpaired) electrons. The third kappa shape index (κ3) is 3.99. The van der Waals surface area contributed by atoms with Crippen LogP contribution in [-0.4, -0.2) is 34.4 Å². The number of anilines is 1. The molecule has 1 N–H and O–H groups in total. The number of nitrogens with zero attached hydrogens (tertiary/aromatic N) is 2. The highest BCUT2D eigenvalue weighted by Crippen LogP contribution is 2.16. The van der Waals surface area contributed by atoms with Gasteiger partial charge in [0.1, 0.15) is 5.69 Å². The minimum absolute atomic E-state index is 0.0934. The zero-order valence-electron chi connectivity index (χ0n) is 14.2. The van der Waals surface area contributed by atoms with Crippen LogP contribution in [0, 0.1) is 0 Å². The Balaban J connectivity index is 1.86. The number of hydrogen-bond acceptors (Lipinski definition) is 4. The molecule has 1 aliphatic rings. The second-order valence-electron chi connectivity index (χ2n) is 6.20. The van der Waals surface area contributed by atoms with Crippen LogP contribution in [0.1, 0.15) is 45.7 Å². The summed E-state index contributed by atoms with van der Waals surface area (Å²) in [6.45, 7) is 1.47. The molecular formula is C18H21N3O3S. The van der Waals surface area contributed by atoms with E-state index in [1.807, 2.05) is 4.90 Å². The number of carbonyl (C=O) groups is 2. The van der Waals surface area contributed by atoms with Gasteiger partial charge in [0.25, 0.3) is 17.4 Å². The lowest BCUT2D eigenvalue weighted by Crippen LogP contribution is -2.33. The predicted octanol–water partition coefficient (Wildman–Crippen LogP) is 2.72. The maximum Gasteiger partial charge on any atom is 0.274 e. The van der Waals surface area contributed by atoms with Crippen molar-refractivity contribution in [2.75, 3.05) is 18.4 Å². The van der Waals surface area contributed by atoms with Crippen molar-refractivity contribution in [3.05, 3.63) is 50.6 Å². The number of aromatic nitrogens is 1. The predicted molar refractivity (Wildman–Crippen MR) is 98.3 cm³/mol. The van der Waals surface area contributed by atoms with Crippen LogP contribution >= 0.6 is 11.3 Å². The standard InChI is InChI=1S/C18H21N3O3S/c1-20-12-13(17(23)21-8-4-2-3-5-9-21)11-14(18(20)24)19-16(22)15-7-6-10-25-15/h6-7,10-12H,2-5,8-9H2,1H3,(H,19,22). The van der Waals surface area contributed by atoms with Gasteiger partial charge in [0.15, 0.2) is 0 Å². The molecule has 0 aliphatic carbocycles. The summed E-state index contributed by atoms with van der Waals surface area (Å²) in [5.41, 5.74) is 0.212. The molecule has 0 aromatic carbocycles. The average molecular weight is 359 g/mol. The van der Waals surface area contributed by atoms with Gasteiger partial charge in [0.2, 0.25) is 0 Å². The van der Waals surface area contributed by atoms with E-state index in [9.17, 15) is 14.4 Å². The van der Waals surface area contributed by atoms with E-state index >= 15 is 0 Å². The molecule has 0 bridgehead atoms. The average Bonchev–Trinajstić information content (AvgIpc) is 3.01. The van der Waals surface area contributed by atoms with Gasteiger partial charge in [-0.25, -0.2) is 0 Å². The molecule has 2 aromatic heterocycles. The lowest BCUT2D eigenvalue weighted by atomic mass is 10.2. The van der Waals surface area contributed by atoms with Crippen molar-refractivity contribution in [1.29, 1.82) is 0 Å². The summed E-state index contributed by atoms with van der Waals surface area (Å²) in [7, 11) is 1.59. The van der Waals surface area contributed by atoms with E-state index in [1.165, 1.54) is 28.2 Å². The van der Waals surface area contributed by atoms with Crippen molar-refractivity contribution < 1.29 is 9.59 Å². The molecule has 1 fully saturated rings. The molecule has 3 rings (SSSR count). The fraction of sp³-hybridized carbons (Fsp3) is 0.389. The van der Waals surface area contributed by atoms with Crippen LogP contribution in [0.15, 0.2) is 34.6 Å². The van der Waals surface area contributed by atoms with Crippen LogP contribution in [0.4, 0.5) is 5.69 Å². The van der Waals surface area contributed by atoms with Gasteiger partial charge in [0, 0.05) is 26.3 Å². The molecule has 1 saturated heterocycles. The van der Waals surface area contributed by atoms with Crippen molar-refractivity contribution in [2.24, 2.45) is 7.05 Å². The van der Waals surface area contributed by atoms with E-state index in [-0.39, 0.29) is 23.1 Å². The highest BCUT2D eigenvalue weighted by molar-refractivity contribution is 7.12. The number of hydrogen-bond donors (Lipinski definition) is 1. The first-order valence-corrected chi connectivity index (χ1v) is 9.29. The van der Waals surface area contributed by atoms with Gasteiger partial charge in [0.05, 0.1) is 10.4 Å². The van der Waals surface area contributed by atoms with E-state index in [2.05, 4.69) is 5.32 Å². The lowest BCUT2D eigenvalue weighted by molar-refractivity contribution is 0.0760. The molecule has 3 heterocycles. The normalized spacial score (nSPS) is 14.8. The highest BCUT2D eigenvalue weighted by atomic mass is 32.1.